The second-order valence-corrected chi connectivity index (χ2v) is 10.3. The highest BCUT2D eigenvalue weighted by Gasteiger charge is 2.71. The maximum absolute atomic E-state index is 14.1. The van der Waals surface area contributed by atoms with E-state index in [-0.39, 0.29) is 31.3 Å². The van der Waals surface area contributed by atoms with E-state index in [9.17, 15) is 24.3 Å². The zero-order valence-corrected chi connectivity index (χ0v) is 21.9. The van der Waals surface area contributed by atoms with Gasteiger partial charge in [-0.15, -0.1) is 0 Å². The topological polar surface area (TPSA) is 180 Å². The number of amides is 3. The van der Waals surface area contributed by atoms with E-state index in [0.717, 1.165) is 5.56 Å². The molecule has 2 aromatic carbocycles. The van der Waals surface area contributed by atoms with Crippen molar-refractivity contribution in [2.45, 2.75) is 38.5 Å². The van der Waals surface area contributed by atoms with E-state index in [0.29, 0.717) is 17.5 Å². The first-order valence-electron chi connectivity index (χ1n) is 12.8. The number of nitrogens with two attached hydrogens (primary N) is 2. The molecule has 2 aliphatic heterocycles. The first-order chi connectivity index (χ1) is 18.5. The zero-order chi connectivity index (χ0) is 28.5. The standard InChI is InChI=1S/C28H33N5O6/c1-16(2)23-21-22(26(36)32(25(21)35)14-12-17-6-4-3-5-7-17)28(39-27(37)38,33(23)15-13-20(29)34)19-10-8-18(9-11-19)24(30)31/h3-11,16,21-23H,12-15H2,1-2H3,(H2,29,34)(H3,30,31)(H,37,38). The van der Waals surface area contributed by atoms with Crippen LogP contribution < -0.4 is 11.5 Å². The van der Waals surface area contributed by atoms with Gasteiger partial charge in [0.05, 0.1) is 5.92 Å². The second-order valence-electron chi connectivity index (χ2n) is 10.3. The van der Waals surface area contributed by atoms with Crippen LogP contribution in [0, 0.1) is 23.2 Å². The largest absolute Gasteiger partial charge is 0.507 e. The van der Waals surface area contributed by atoms with Crippen molar-refractivity contribution in [1.82, 2.24) is 9.80 Å². The number of fused-ring (bicyclic) bond motifs is 1. The van der Waals surface area contributed by atoms with Crippen LogP contribution in [0.1, 0.15) is 37.0 Å². The lowest BCUT2D eigenvalue weighted by Gasteiger charge is -2.43. The van der Waals surface area contributed by atoms with Crippen LogP contribution in [0.2, 0.25) is 0 Å². The number of primary amides is 1. The number of benzene rings is 2. The lowest BCUT2D eigenvalue weighted by Crippen LogP contribution is -2.55. The van der Waals surface area contributed by atoms with Crippen LogP contribution in [0.25, 0.3) is 0 Å². The highest BCUT2D eigenvalue weighted by Crippen LogP contribution is 2.56. The normalized spacial score (nSPS) is 24.7. The number of carboxylic acid groups (broad SMARTS) is 1. The molecule has 0 aliphatic carbocycles. The van der Waals surface area contributed by atoms with Gasteiger partial charge in [0.1, 0.15) is 11.8 Å². The van der Waals surface area contributed by atoms with Crippen molar-refractivity contribution in [2.75, 3.05) is 13.1 Å². The minimum Gasteiger partial charge on any atom is -0.450 e. The Morgan fingerprint density at radius 2 is 1.67 bits per heavy atom. The number of nitrogens with one attached hydrogen (secondary N) is 1. The molecule has 11 heteroatoms. The van der Waals surface area contributed by atoms with Gasteiger partial charge in [0.25, 0.3) is 0 Å². The minimum atomic E-state index is -1.91. The number of imide groups is 1. The molecule has 2 saturated heterocycles. The Kier molecular flexibility index (Phi) is 7.73. The van der Waals surface area contributed by atoms with E-state index in [4.69, 9.17) is 21.6 Å². The van der Waals surface area contributed by atoms with Crippen LogP contribution in [-0.4, -0.2) is 63.8 Å². The molecule has 39 heavy (non-hydrogen) atoms. The maximum Gasteiger partial charge on any atom is 0.507 e. The monoisotopic (exact) mass is 535 g/mol. The number of hydrogen-bond acceptors (Lipinski definition) is 7. The molecule has 11 nitrogen and oxygen atoms in total. The van der Waals surface area contributed by atoms with Gasteiger partial charge in [-0.3, -0.25) is 29.6 Å². The summed E-state index contributed by atoms with van der Waals surface area (Å²) in [5.41, 5.74) is 10.8. The van der Waals surface area contributed by atoms with Gasteiger partial charge in [-0.2, -0.15) is 0 Å². The van der Waals surface area contributed by atoms with Crippen molar-refractivity contribution in [3.8, 4) is 0 Å². The highest BCUT2D eigenvalue weighted by molar-refractivity contribution is 6.07. The molecule has 4 rings (SSSR count). The van der Waals surface area contributed by atoms with E-state index in [1.54, 1.807) is 17.0 Å². The lowest BCUT2D eigenvalue weighted by molar-refractivity contribution is -0.167. The van der Waals surface area contributed by atoms with Gasteiger partial charge >= 0.3 is 6.16 Å². The summed E-state index contributed by atoms with van der Waals surface area (Å²) in [5, 5.41) is 17.7. The van der Waals surface area contributed by atoms with E-state index < -0.39 is 47.5 Å². The first kappa shape index (κ1) is 27.8. The molecule has 2 fully saturated rings. The van der Waals surface area contributed by atoms with Gasteiger partial charge in [-0.05, 0) is 17.9 Å². The molecular formula is C28H33N5O6. The number of hydrogen-bond donors (Lipinski definition) is 4. The summed E-state index contributed by atoms with van der Waals surface area (Å²) < 4.78 is 5.66. The fourth-order valence-electron chi connectivity index (χ4n) is 6.08. The molecule has 0 spiro atoms. The van der Waals surface area contributed by atoms with Gasteiger partial charge < -0.3 is 21.3 Å². The maximum atomic E-state index is 14.1. The highest BCUT2D eigenvalue weighted by atomic mass is 16.7. The Morgan fingerprint density at radius 3 is 2.21 bits per heavy atom. The van der Waals surface area contributed by atoms with Crippen LogP contribution >= 0.6 is 0 Å². The second kappa shape index (κ2) is 10.9. The van der Waals surface area contributed by atoms with Crippen molar-refractivity contribution in [3.63, 3.8) is 0 Å². The summed E-state index contributed by atoms with van der Waals surface area (Å²) in [7, 11) is 0. The number of ether oxygens (including phenoxy) is 1. The van der Waals surface area contributed by atoms with E-state index in [1.165, 1.54) is 17.0 Å². The summed E-state index contributed by atoms with van der Waals surface area (Å²) in [6.07, 6.45) is -1.34. The molecule has 0 saturated carbocycles. The Labute approximate surface area is 226 Å². The molecular weight excluding hydrogens is 502 g/mol. The summed E-state index contributed by atoms with van der Waals surface area (Å²) in [5.74, 6) is -4.07. The average molecular weight is 536 g/mol. The van der Waals surface area contributed by atoms with Gasteiger partial charge in [0.2, 0.25) is 23.4 Å². The van der Waals surface area contributed by atoms with Crippen molar-refractivity contribution >= 4 is 29.7 Å². The first-order valence-corrected chi connectivity index (χ1v) is 12.8. The molecule has 0 bridgehead atoms. The summed E-state index contributed by atoms with van der Waals surface area (Å²) in [6, 6.07) is 15.0. The molecule has 0 aromatic heterocycles. The summed E-state index contributed by atoms with van der Waals surface area (Å²) >= 11 is 0. The molecule has 4 unspecified atom stereocenters. The van der Waals surface area contributed by atoms with E-state index in [2.05, 4.69) is 0 Å². The average Bonchev–Trinajstić information content (AvgIpc) is 3.31. The molecule has 2 heterocycles. The minimum absolute atomic E-state index is 0.0303. The smallest absolute Gasteiger partial charge is 0.450 e. The van der Waals surface area contributed by atoms with Crippen LogP contribution in [0.5, 0.6) is 0 Å². The molecule has 206 valence electrons. The van der Waals surface area contributed by atoms with Crippen molar-refractivity contribution in [1.29, 1.82) is 5.41 Å². The van der Waals surface area contributed by atoms with Gasteiger partial charge in [0.15, 0.2) is 0 Å². The predicted molar refractivity (Wildman–Crippen MR) is 141 cm³/mol. The number of carbonyl (C=O) groups is 4. The Hall–Kier alpha value is -4.25. The third kappa shape index (κ3) is 4.97. The molecule has 3 amide bonds. The zero-order valence-electron chi connectivity index (χ0n) is 21.9. The Balaban J connectivity index is 1.86. The number of carbonyl (C=O) groups excluding carboxylic acids is 3. The third-order valence-corrected chi connectivity index (χ3v) is 7.62. The van der Waals surface area contributed by atoms with Gasteiger partial charge in [-0.1, -0.05) is 68.4 Å². The fraction of sp³-hybridized carbons (Fsp3) is 0.393. The molecule has 2 aromatic rings. The quantitative estimate of drug-likeness (QED) is 0.154. The fourth-order valence-corrected chi connectivity index (χ4v) is 6.08. The summed E-state index contributed by atoms with van der Waals surface area (Å²) in [6.45, 7) is 3.85. The molecule has 2 aliphatic rings. The van der Waals surface area contributed by atoms with Gasteiger partial charge in [0, 0.05) is 36.7 Å². The van der Waals surface area contributed by atoms with Gasteiger partial charge in [-0.25, -0.2) is 4.79 Å². The molecule has 4 atom stereocenters. The molecule has 6 N–H and O–H groups in total. The number of nitrogen functional groups attached to an aromatic ring is 1. The van der Waals surface area contributed by atoms with Crippen LogP contribution in [-0.2, 0) is 31.3 Å². The number of amidine groups is 1. The van der Waals surface area contributed by atoms with Crippen LogP contribution in [0.15, 0.2) is 54.6 Å². The van der Waals surface area contributed by atoms with E-state index >= 15 is 0 Å². The number of nitrogens with zero attached hydrogens (tertiary/aromatic N) is 2. The van der Waals surface area contributed by atoms with E-state index in [1.807, 2.05) is 44.2 Å². The van der Waals surface area contributed by atoms with Crippen molar-refractivity contribution in [2.24, 2.45) is 29.2 Å². The number of likely N-dealkylation sites (tertiary alicyclic amines) is 2. The van der Waals surface area contributed by atoms with Crippen molar-refractivity contribution < 1.29 is 29.0 Å². The lowest BCUT2D eigenvalue weighted by atomic mass is 9.81. The molecule has 0 radical (unpaired) electrons. The predicted octanol–water partition coefficient (Wildman–Crippen LogP) is 1.88. The van der Waals surface area contributed by atoms with Crippen LogP contribution in [0.3, 0.4) is 0 Å². The Bertz CT molecular complexity index is 1280. The van der Waals surface area contributed by atoms with Crippen molar-refractivity contribution in [3.05, 3.63) is 71.3 Å². The Morgan fingerprint density at radius 1 is 1.03 bits per heavy atom. The SMILES string of the molecule is CC(C)C1C2C(=O)N(CCc3ccccc3)C(=O)C2C(OC(=O)O)(c2ccc(C(=N)N)cc2)N1CCC(N)=O. The number of rotatable bonds is 10. The third-order valence-electron chi connectivity index (χ3n) is 7.62. The summed E-state index contributed by atoms with van der Waals surface area (Å²) in [4.78, 5) is 54.9. The van der Waals surface area contributed by atoms with Crippen LogP contribution in [0.4, 0.5) is 4.79 Å².